The number of carbonyl (C=O) groups excluding carboxylic acids is 1. The Morgan fingerprint density at radius 1 is 1.31 bits per heavy atom. The van der Waals surface area contributed by atoms with Crippen molar-refractivity contribution in [3.05, 3.63) is 30.3 Å². The van der Waals surface area contributed by atoms with Crippen LogP contribution in [-0.2, 0) is 14.6 Å². The standard InChI is InChI=1S/C11H13FO3S/c1-2-9(13)8-11(12)16(14,15)10-6-4-3-5-7-10/h3-7,11H,2,8H2,1H3. The minimum Gasteiger partial charge on any atom is -0.300 e. The Morgan fingerprint density at radius 3 is 2.38 bits per heavy atom. The normalized spacial score (nSPS) is 13.4. The van der Waals surface area contributed by atoms with Crippen molar-refractivity contribution in [1.29, 1.82) is 0 Å². The van der Waals surface area contributed by atoms with Crippen molar-refractivity contribution in [2.24, 2.45) is 0 Å². The molecule has 0 N–H and O–H groups in total. The molecule has 0 aromatic heterocycles. The van der Waals surface area contributed by atoms with E-state index in [1.165, 1.54) is 24.3 Å². The molecule has 0 amide bonds. The zero-order chi connectivity index (χ0) is 12.2. The quantitative estimate of drug-likeness (QED) is 0.797. The highest BCUT2D eigenvalue weighted by Gasteiger charge is 2.28. The summed E-state index contributed by atoms with van der Waals surface area (Å²) in [7, 11) is -4.03. The van der Waals surface area contributed by atoms with E-state index in [0.29, 0.717) is 0 Å². The summed E-state index contributed by atoms with van der Waals surface area (Å²) in [5.74, 6) is -0.396. The molecule has 0 saturated carbocycles. The Morgan fingerprint density at radius 2 is 1.88 bits per heavy atom. The maximum absolute atomic E-state index is 13.5. The van der Waals surface area contributed by atoms with E-state index in [4.69, 9.17) is 0 Å². The van der Waals surface area contributed by atoms with Gasteiger partial charge in [0, 0.05) is 6.42 Å². The van der Waals surface area contributed by atoms with Crippen LogP contribution in [0.3, 0.4) is 0 Å². The van der Waals surface area contributed by atoms with E-state index < -0.39 is 27.5 Å². The second kappa shape index (κ2) is 5.21. The third-order valence-electron chi connectivity index (χ3n) is 2.19. The highest BCUT2D eigenvalue weighted by Crippen LogP contribution is 2.19. The lowest BCUT2D eigenvalue weighted by atomic mass is 10.2. The molecule has 0 aliphatic rings. The molecule has 0 aliphatic heterocycles. The van der Waals surface area contributed by atoms with Crippen molar-refractivity contribution < 1.29 is 17.6 Å². The summed E-state index contributed by atoms with van der Waals surface area (Å²) in [5.41, 5.74) is -2.15. The molecule has 0 radical (unpaired) electrons. The lowest BCUT2D eigenvalue weighted by Crippen LogP contribution is -2.20. The van der Waals surface area contributed by atoms with Crippen LogP contribution in [-0.4, -0.2) is 19.7 Å². The molecule has 0 spiro atoms. The number of rotatable bonds is 5. The minimum absolute atomic E-state index is 0.0913. The lowest BCUT2D eigenvalue weighted by molar-refractivity contribution is -0.119. The van der Waals surface area contributed by atoms with E-state index in [1.807, 2.05) is 0 Å². The molecule has 88 valence electrons. The number of benzene rings is 1. The van der Waals surface area contributed by atoms with Crippen LogP contribution < -0.4 is 0 Å². The maximum Gasteiger partial charge on any atom is 0.212 e. The Bertz CT molecular complexity index is 453. The summed E-state index contributed by atoms with van der Waals surface area (Å²) in [6.07, 6.45) is -0.432. The second-order valence-electron chi connectivity index (χ2n) is 3.36. The van der Waals surface area contributed by atoms with E-state index >= 15 is 0 Å². The van der Waals surface area contributed by atoms with Gasteiger partial charge in [0.25, 0.3) is 0 Å². The molecule has 1 rings (SSSR count). The fourth-order valence-corrected chi connectivity index (χ4v) is 2.43. The van der Waals surface area contributed by atoms with Crippen molar-refractivity contribution >= 4 is 15.6 Å². The molecule has 1 unspecified atom stereocenters. The number of Topliss-reactive ketones (excluding diaryl/α,β-unsaturated/α-hetero) is 1. The fraction of sp³-hybridized carbons (Fsp3) is 0.364. The van der Waals surface area contributed by atoms with Gasteiger partial charge in [-0.1, -0.05) is 25.1 Å². The largest absolute Gasteiger partial charge is 0.300 e. The second-order valence-corrected chi connectivity index (χ2v) is 5.44. The first-order valence-electron chi connectivity index (χ1n) is 4.93. The lowest BCUT2D eigenvalue weighted by Gasteiger charge is -2.08. The van der Waals surface area contributed by atoms with Gasteiger partial charge >= 0.3 is 0 Å². The molecule has 1 aromatic carbocycles. The van der Waals surface area contributed by atoms with E-state index in [0.717, 1.165) is 0 Å². The smallest absolute Gasteiger partial charge is 0.212 e. The minimum atomic E-state index is -4.03. The first-order valence-corrected chi connectivity index (χ1v) is 6.47. The zero-order valence-corrected chi connectivity index (χ0v) is 9.71. The molecule has 3 nitrogen and oxygen atoms in total. The van der Waals surface area contributed by atoms with Crippen LogP contribution in [0.4, 0.5) is 4.39 Å². The number of ketones is 1. The van der Waals surface area contributed by atoms with E-state index in [-0.39, 0.29) is 11.3 Å². The third-order valence-corrected chi connectivity index (χ3v) is 3.96. The first-order chi connectivity index (χ1) is 7.48. The van der Waals surface area contributed by atoms with Crippen LogP contribution in [0.25, 0.3) is 0 Å². The molecule has 0 heterocycles. The zero-order valence-electron chi connectivity index (χ0n) is 8.89. The van der Waals surface area contributed by atoms with Gasteiger partial charge in [-0.15, -0.1) is 0 Å². The van der Waals surface area contributed by atoms with Gasteiger partial charge in [-0.25, -0.2) is 12.8 Å². The van der Waals surface area contributed by atoms with Gasteiger partial charge in [-0.2, -0.15) is 0 Å². The number of sulfone groups is 1. The number of hydrogen-bond donors (Lipinski definition) is 0. The van der Waals surface area contributed by atoms with Gasteiger partial charge in [-0.3, -0.25) is 4.79 Å². The number of halogens is 1. The average molecular weight is 244 g/mol. The topological polar surface area (TPSA) is 51.2 Å². The van der Waals surface area contributed by atoms with Gasteiger partial charge in [0.15, 0.2) is 0 Å². The van der Waals surface area contributed by atoms with Crippen molar-refractivity contribution in [3.63, 3.8) is 0 Å². The Kier molecular flexibility index (Phi) is 4.18. The summed E-state index contributed by atoms with van der Waals surface area (Å²) < 4.78 is 36.8. The highest BCUT2D eigenvalue weighted by molar-refractivity contribution is 7.92. The summed E-state index contributed by atoms with van der Waals surface area (Å²) in [6, 6.07) is 7.31. The Labute approximate surface area is 94.2 Å². The van der Waals surface area contributed by atoms with E-state index in [2.05, 4.69) is 0 Å². The van der Waals surface area contributed by atoms with Gasteiger partial charge in [0.1, 0.15) is 5.78 Å². The molecule has 0 bridgehead atoms. The number of hydrogen-bond acceptors (Lipinski definition) is 3. The van der Waals surface area contributed by atoms with Crippen LogP contribution in [0, 0.1) is 0 Å². The van der Waals surface area contributed by atoms with Gasteiger partial charge in [0.05, 0.1) is 11.3 Å². The predicted octanol–water partition coefficient (Wildman–Crippen LogP) is 2.13. The van der Waals surface area contributed by atoms with Crippen molar-refractivity contribution in [2.75, 3.05) is 0 Å². The monoisotopic (exact) mass is 244 g/mol. The summed E-state index contributed by atoms with van der Waals surface area (Å²) in [5, 5.41) is 0. The molecule has 1 atom stereocenters. The van der Waals surface area contributed by atoms with Crippen LogP contribution in [0.2, 0.25) is 0 Å². The molecule has 1 aromatic rings. The predicted molar refractivity (Wildman–Crippen MR) is 58.4 cm³/mol. The third kappa shape index (κ3) is 2.88. The van der Waals surface area contributed by atoms with Crippen LogP contribution >= 0.6 is 0 Å². The highest BCUT2D eigenvalue weighted by atomic mass is 32.2. The van der Waals surface area contributed by atoms with Crippen molar-refractivity contribution in [2.45, 2.75) is 30.2 Å². The molecule has 5 heteroatoms. The summed E-state index contributed by atoms with van der Waals surface area (Å²) in [4.78, 5) is 10.9. The fourth-order valence-electron chi connectivity index (χ4n) is 1.19. The van der Waals surface area contributed by atoms with Gasteiger partial charge in [0.2, 0.25) is 15.3 Å². The molecular weight excluding hydrogens is 231 g/mol. The van der Waals surface area contributed by atoms with E-state index in [9.17, 15) is 17.6 Å². The molecule has 0 aliphatic carbocycles. The summed E-state index contributed by atoms with van der Waals surface area (Å²) in [6.45, 7) is 1.57. The van der Waals surface area contributed by atoms with Crippen molar-refractivity contribution in [1.82, 2.24) is 0 Å². The van der Waals surface area contributed by atoms with Crippen molar-refractivity contribution in [3.8, 4) is 0 Å². The molecule has 16 heavy (non-hydrogen) atoms. The van der Waals surface area contributed by atoms with Crippen LogP contribution in [0.15, 0.2) is 35.2 Å². The molecule has 0 fully saturated rings. The number of alkyl halides is 1. The van der Waals surface area contributed by atoms with Crippen LogP contribution in [0.1, 0.15) is 19.8 Å². The maximum atomic E-state index is 13.5. The molecular formula is C11H13FO3S. The SMILES string of the molecule is CCC(=O)CC(F)S(=O)(=O)c1ccccc1. The molecule has 0 saturated heterocycles. The van der Waals surface area contributed by atoms with Gasteiger partial charge in [-0.05, 0) is 12.1 Å². The summed E-state index contributed by atoms with van der Waals surface area (Å²) >= 11 is 0. The first kappa shape index (κ1) is 12.8. The number of carbonyl (C=O) groups is 1. The Hall–Kier alpha value is -1.23. The Balaban J connectivity index is 2.91. The average Bonchev–Trinajstić information content (AvgIpc) is 2.29. The van der Waals surface area contributed by atoms with Crippen LogP contribution in [0.5, 0.6) is 0 Å². The van der Waals surface area contributed by atoms with Gasteiger partial charge < -0.3 is 0 Å². The van der Waals surface area contributed by atoms with E-state index in [1.54, 1.807) is 13.0 Å².